The average molecular weight is 121 g/mol. The first-order valence-electron chi connectivity index (χ1n) is 2.91. The van der Waals surface area contributed by atoms with Gasteiger partial charge in [0.15, 0.2) is 6.23 Å². The summed E-state index contributed by atoms with van der Waals surface area (Å²) in [6.07, 6.45) is 9.61. The number of dihydropyridines is 1. The molecule has 1 atom stereocenters. The molecule has 2 aliphatic rings. The van der Waals surface area contributed by atoms with Gasteiger partial charge in [0.2, 0.25) is 0 Å². The second-order valence-corrected chi connectivity index (χ2v) is 2.01. The highest BCUT2D eigenvalue weighted by Crippen LogP contribution is 2.16. The number of rotatable bonds is 0. The van der Waals surface area contributed by atoms with Crippen molar-refractivity contribution >= 4 is 0 Å². The summed E-state index contributed by atoms with van der Waals surface area (Å²) in [5.74, 6) is 0. The van der Waals surface area contributed by atoms with Crippen molar-refractivity contribution in [2.75, 3.05) is 0 Å². The smallest absolute Gasteiger partial charge is 0.195 e. The van der Waals surface area contributed by atoms with Gasteiger partial charge in [-0.2, -0.15) is 0 Å². The number of hydrogen-bond acceptors (Lipinski definition) is 2. The van der Waals surface area contributed by atoms with Crippen LogP contribution in [0.25, 0.3) is 0 Å². The van der Waals surface area contributed by atoms with Crippen molar-refractivity contribution in [1.82, 2.24) is 5.32 Å². The summed E-state index contributed by atoms with van der Waals surface area (Å²) < 4.78 is 5.15. The highest BCUT2D eigenvalue weighted by molar-refractivity contribution is 5.32. The molecule has 0 amide bonds. The molecule has 2 rings (SSSR count). The fraction of sp³-hybridized carbons (Fsp3) is 0.143. The molecule has 0 radical (unpaired) electrons. The number of allylic oxidation sites excluding steroid dienone is 2. The molecule has 1 N–H and O–H groups in total. The van der Waals surface area contributed by atoms with Gasteiger partial charge < -0.3 is 10.1 Å². The Labute approximate surface area is 53.5 Å². The molecule has 2 heteroatoms. The Bertz CT molecular complexity index is 203. The van der Waals surface area contributed by atoms with Crippen molar-refractivity contribution in [3.05, 3.63) is 36.3 Å². The summed E-state index contributed by atoms with van der Waals surface area (Å²) in [4.78, 5) is 0. The predicted octanol–water partition coefficient (Wildman–Crippen LogP) is 0.900. The van der Waals surface area contributed by atoms with Crippen LogP contribution in [-0.4, -0.2) is 6.23 Å². The van der Waals surface area contributed by atoms with E-state index in [-0.39, 0.29) is 6.23 Å². The average Bonchev–Trinajstić information content (AvgIpc) is 2.33. The fourth-order valence-electron chi connectivity index (χ4n) is 0.943. The van der Waals surface area contributed by atoms with E-state index in [2.05, 4.69) is 5.32 Å². The minimum atomic E-state index is 0.0787. The standard InChI is InChI=1S/C7H7NO/c1-2-6-3-5-9-7(6)8-4-1/h1-5,7-8H. The summed E-state index contributed by atoms with van der Waals surface area (Å²) in [6.45, 7) is 0. The molecule has 0 aliphatic carbocycles. The number of hydrogen-bond donors (Lipinski definition) is 1. The quantitative estimate of drug-likeness (QED) is 0.514. The van der Waals surface area contributed by atoms with Crippen molar-refractivity contribution in [3.8, 4) is 0 Å². The van der Waals surface area contributed by atoms with Gasteiger partial charge in [-0.3, -0.25) is 0 Å². The molecule has 46 valence electrons. The van der Waals surface area contributed by atoms with E-state index in [0.29, 0.717) is 0 Å². The Kier molecular flexibility index (Phi) is 0.859. The van der Waals surface area contributed by atoms with Crippen molar-refractivity contribution in [1.29, 1.82) is 0 Å². The SMILES string of the molecule is C1=CNC2OC=CC2=C1. The lowest BCUT2D eigenvalue weighted by Crippen LogP contribution is -2.26. The zero-order valence-corrected chi connectivity index (χ0v) is 4.87. The van der Waals surface area contributed by atoms with Gasteiger partial charge in [0.05, 0.1) is 6.26 Å². The molecule has 0 fully saturated rings. The van der Waals surface area contributed by atoms with E-state index in [1.165, 1.54) is 5.57 Å². The van der Waals surface area contributed by atoms with Gasteiger partial charge in [-0.25, -0.2) is 0 Å². The number of fused-ring (bicyclic) bond motifs is 1. The third-order valence-corrected chi connectivity index (χ3v) is 1.41. The maximum Gasteiger partial charge on any atom is 0.195 e. The van der Waals surface area contributed by atoms with Crippen LogP contribution >= 0.6 is 0 Å². The minimum Gasteiger partial charge on any atom is -0.474 e. The molecule has 1 unspecified atom stereocenters. The van der Waals surface area contributed by atoms with Gasteiger partial charge in [0, 0.05) is 5.57 Å². The predicted molar refractivity (Wildman–Crippen MR) is 34.4 cm³/mol. The van der Waals surface area contributed by atoms with Gasteiger partial charge in [-0.1, -0.05) is 6.08 Å². The molecular weight excluding hydrogens is 114 g/mol. The molecule has 2 aliphatic heterocycles. The molecule has 0 aromatic heterocycles. The van der Waals surface area contributed by atoms with Crippen LogP contribution in [0, 0.1) is 0 Å². The van der Waals surface area contributed by atoms with E-state index in [1.54, 1.807) is 6.26 Å². The fourth-order valence-corrected chi connectivity index (χ4v) is 0.943. The topological polar surface area (TPSA) is 21.3 Å². The van der Waals surface area contributed by atoms with Crippen LogP contribution in [0.3, 0.4) is 0 Å². The molecule has 0 spiro atoms. The molecule has 9 heavy (non-hydrogen) atoms. The second kappa shape index (κ2) is 1.65. The first kappa shape index (κ1) is 4.68. The van der Waals surface area contributed by atoms with Crippen molar-refractivity contribution in [2.24, 2.45) is 0 Å². The monoisotopic (exact) mass is 121 g/mol. The molecule has 2 nitrogen and oxygen atoms in total. The Morgan fingerprint density at radius 1 is 1.56 bits per heavy atom. The molecule has 0 aromatic rings. The highest BCUT2D eigenvalue weighted by atomic mass is 16.5. The van der Waals surface area contributed by atoms with E-state index in [1.807, 2.05) is 24.4 Å². The van der Waals surface area contributed by atoms with Crippen LogP contribution < -0.4 is 5.32 Å². The van der Waals surface area contributed by atoms with E-state index >= 15 is 0 Å². The second-order valence-electron chi connectivity index (χ2n) is 2.01. The largest absolute Gasteiger partial charge is 0.474 e. The summed E-state index contributed by atoms with van der Waals surface area (Å²) in [7, 11) is 0. The third-order valence-electron chi connectivity index (χ3n) is 1.41. The number of ether oxygens (including phenoxy) is 1. The molecule has 0 aromatic carbocycles. The third kappa shape index (κ3) is 0.633. The Balaban J connectivity index is 2.31. The first-order chi connectivity index (χ1) is 4.47. The number of nitrogens with one attached hydrogen (secondary N) is 1. The van der Waals surface area contributed by atoms with Crippen LogP contribution in [0.15, 0.2) is 36.3 Å². The normalized spacial score (nSPS) is 28.4. The van der Waals surface area contributed by atoms with Crippen LogP contribution in [0.2, 0.25) is 0 Å². The van der Waals surface area contributed by atoms with E-state index in [4.69, 9.17) is 4.74 Å². The summed E-state index contributed by atoms with van der Waals surface area (Å²) >= 11 is 0. The highest BCUT2D eigenvalue weighted by Gasteiger charge is 2.15. The maximum absolute atomic E-state index is 5.15. The van der Waals surface area contributed by atoms with Gasteiger partial charge in [-0.05, 0) is 18.4 Å². The lowest BCUT2D eigenvalue weighted by molar-refractivity contribution is 0.176. The Hall–Kier alpha value is -1.18. The Morgan fingerprint density at radius 3 is 3.44 bits per heavy atom. The molecule has 2 heterocycles. The molecular formula is C7H7NO. The lowest BCUT2D eigenvalue weighted by Gasteiger charge is -2.14. The van der Waals surface area contributed by atoms with Gasteiger partial charge >= 0.3 is 0 Å². The first-order valence-corrected chi connectivity index (χ1v) is 2.91. The zero-order valence-electron chi connectivity index (χ0n) is 4.87. The molecule has 0 bridgehead atoms. The minimum absolute atomic E-state index is 0.0787. The van der Waals surface area contributed by atoms with Gasteiger partial charge in [0.1, 0.15) is 0 Å². The van der Waals surface area contributed by atoms with Crippen LogP contribution in [-0.2, 0) is 4.74 Å². The summed E-state index contributed by atoms with van der Waals surface area (Å²) in [5.41, 5.74) is 1.19. The van der Waals surface area contributed by atoms with Crippen molar-refractivity contribution < 1.29 is 4.74 Å². The van der Waals surface area contributed by atoms with Crippen molar-refractivity contribution in [2.45, 2.75) is 6.23 Å². The van der Waals surface area contributed by atoms with Gasteiger partial charge in [0.25, 0.3) is 0 Å². The van der Waals surface area contributed by atoms with Crippen LogP contribution in [0.4, 0.5) is 0 Å². The van der Waals surface area contributed by atoms with Crippen LogP contribution in [0.1, 0.15) is 0 Å². The van der Waals surface area contributed by atoms with E-state index in [9.17, 15) is 0 Å². The lowest BCUT2D eigenvalue weighted by atomic mass is 10.2. The maximum atomic E-state index is 5.15. The zero-order chi connectivity index (χ0) is 6.10. The van der Waals surface area contributed by atoms with E-state index in [0.717, 1.165) is 0 Å². The van der Waals surface area contributed by atoms with Crippen LogP contribution in [0.5, 0.6) is 0 Å². The Morgan fingerprint density at radius 2 is 2.56 bits per heavy atom. The van der Waals surface area contributed by atoms with Gasteiger partial charge in [-0.15, -0.1) is 0 Å². The van der Waals surface area contributed by atoms with Crippen molar-refractivity contribution in [3.63, 3.8) is 0 Å². The van der Waals surface area contributed by atoms with E-state index < -0.39 is 0 Å². The molecule has 0 saturated heterocycles. The summed E-state index contributed by atoms with van der Waals surface area (Å²) in [5, 5.41) is 3.05. The molecule has 0 saturated carbocycles. The summed E-state index contributed by atoms with van der Waals surface area (Å²) in [6, 6.07) is 0.